The highest BCUT2D eigenvalue weighted by molar-refractivity contribution is 5.91. The maximum atomic E-state index is 12.5. The number of amides is 2. The first-order valence-corrected chi connectivity index (χ1v) is 11.3. The highest BCUT2D eigenvalue weighted by Crippen LogP contribution is 2.28. The predicted octanol–water partition coefficient (Wildman–Crippen LogP) is 2.94. The zero-order valence-electron chi connectivity index (χ0n) is 19.2. The quantitative estimate of drug-likeness (QED) is 0.525. The number of carbonyl (C=O) groups excluding carboxylic acids is 2. The second-order valence-electron chi connectivity index (χ2n) is 8.08. The molecule has 1 aliphatic rings. The van der Waals surface area contributed by atoms with E-state index in [2.05, 4.69) is 5.32 Å². The van der Waals surface area contributed by atoms with Gasteiger partial charge in [0.25, 0.3) is 5.91 Å². The molecule has 0 atom stereocenters. The van der Waals surface area contributed by atoms with Crippen LogP contribution in [0.5, 0.6) is 11.5 Å². The Balaban J connectivity index is 1.22. The van der Waals surface area contributed by atoms with Crippen LogP contribution in [0.1, 0.15) is 21.7 Å². The van der Waals surface area contributed by atoms with Crippen LogP contribution in [0.3, 0.4) is 0 Å². The van der Waals surface area contributed by atoms with Crippen molar-refractivity contribution < 1.29 is 23.5 Å². The minimum Gasteiger partial charge on any atom is -0.493 e. The van der Waals surface area contributed by atoms with Gasteiger partial charge < -0.3 is 24.1 Å². The first-order valence-electron chi connectivity index (χ1n) is 11.3. The third-order valence-electron chi connectivity index (χ3n) is 5.71. The summed E-state index contributed by atoms with van der Waals surface area (Å²) >= 11 is 0. The van der Waals surface area contributed by atoms with Gasteiger partial charge in [-0.3, -0.25) is 14.5 Å². The van der Waals surface area contributed by atoms with Crippen molar-refractivity contribution in [3.05, 3.63) is 83.8 Å². The lowest BCUT2D eigenvalue weighted by Crippen LogP contribution is -2.51. The summed E-state index contributed by atoms with van der Waals surface area (Å²) in [6.45, 7) is 3.54. The van der Waals surface area contributed by atoms with Gasteiger partial charge in [-0.05, 0) is 35.4 Å². The Hall–Kier alpha value is -3.78. The van der Waals surface area contributed by atoms with E-state index in [0.717, 1.165) is 11.1 Å². The van der Waals surface area contributed by atoms with Crippen LogP contribution < -0.4 is 14.8 Å². The van der Waals surface area contributed by atoms with Gasteiger partial charge in [0.15, 0.2) is 17.3 Å². The number of piperazine rings is 1. The molecule has 2 heterocycles. The lowest BCUT2D eigenvalue weighted by Gasteiger charge is -2.33. The molecule has 0 unspecified atom stereocenters. The fourth-order valence-electron chi connectivity index (χ4n) is 3.80. The minimum absolute atomic E-state index is 0.0609. The summed E-state index contributed by atoms with van der Waals surface area (Å²) in [7, 11) is 1.60. The average Bonchev–Trinajstić information content (AvgIpc) is 3.42. The van der Waals surface area contributed by atoms with Crippen LogP contribution >= 0.6 is 0 Å². The molecular formula is C26H29N3O5. The molecule has 0 bridgehead atoms. The van der Waals surface area contributed by atoms with Crippen LogP contribution in [0.4, 0.5) is 0 Å². The number of hydrogen-bond donors (Lipinski definition) is 1. The minimum atomic E-state index is -0.112. The zero-order valence-corrected chi connectivity index (χ0v) is 19.2. The van der Waals surface area contributed by atoms with Crippen LogP contribution in [0.2, 0.25) is 0 Å². The number of nitrogens with one attached hydrogen (secondary N) is 1. The van der Waals surface area contributed by atoms with Crippen molar-refractivity contribution in [3.63, 3.8) is 0 Å². The summed E-state index contributed by atoms with van der Waals surface area (Å²) in [6.07, 6.45) is 1.49. The molecule has 0 radical (unpaired) electrons. The molecule has 3 aromatic rings. The van der Waals surface area contributed by atoms with Crippen molar-refractivity contribution >= 4 is 11.8 Å². The molecule has 1 aliphatic heterocycles. The molecule has 1 N–H and O–H groups in total. The first-order chi connectivity index (χ1) is 16.6. The number of benzene rings is 2. The zero-order chi connectivity index (χ0) is 23.8. The third kappa shape index (κ3) is 6.17. The normalized spacial score (nSPS) is 14.0. The Bertz CT molecular complexity index is 1080. The number of nitrogens with zero attached hydrogens (tertiary/aromatic N) is 2. The number of hydrogen-bond acceptors (Lipinski definition) is 6. The SMILES string of the molecule is COc1cc(CNC(=O)CN2CCN(C(=O)c3ccco3)CC2)ccc1OCc1ccccc1. The molecule has 1 saturated heterocycles. The fraction of sp³-hybridized carbons (Fsp3) is 0.308. The number of furan rings is 1. The molecule has 2 aromatic carbocycles. The molecule has 0 aliphatic carbocycles. The smallest absolute Gasteiger partial charge is 0.289 e. The number of carbonyl (C=O) groups is 2. The van der Waals surface area contributed by atoms with Gasteiger partial charge in [-0.25, -0.2) is 0 Å². The summed E-state index contributed by atoms with van der Waals surface area (Å²) in [4.78, 5) is 28.6. The van der Waals surface area contributed by atoms with E-state index in [9.17, 15) is 9.59 Å². The predicted molar refractivity (Wildman–Crippen MR) is 127 cm³/mol. The van der Waals surface area contributed by atoms with Gasteiger partial charge in [0, 0.05) is 32.7 Å². The number of methoxy groups -OCH3 is 1. The van der Waals surface area contributed by atoms with Gasteiger partial charge in [0.1, 0.15) is 6.61 Å². The molecule has 4 rings (SSSR count). The Morgan fingerprint density at radius 3 is 2.44 bits per heavy atom. The second kappa shape index (κ2) is 11.4. The molecule has 1 aromatic heterocycles. The molecule has 2 amide bonds. The van der Waals surface area contributed by atoms with Crippen molar-refractivity contribution in [2.75, 3.05) is 39.8 Å². The van der Waals surface area contributed by atoms with Crippen molar-refractivity contribution in [1.29, 1.82) is 0 Å². The van der Waals surface area contributed by atoms with E-state index in [1.807, 2.05) is 53.4 Å². The highest BCUT2D eigenvalue weighted by Gasteiger charge is 2.24. The van der Waals surface area contributed by atoms with Crippen LogP contribution in [-0.4, -0.2) is 61.4 Å². The Labute approximate surface area is 199 Å². The summed E-state index contributed by atoms with van der Waals surface area (Å²) < 4.78 is 16.6. The molecule has 8 heteroatoms. The van der Waals surface area contributed by atoms with E-state index >= 15 is 0 Å². The Morgan fingerprint density at radius 2 is 1.74 bits per heavy atom. The van der Waals surface area contributed by atoms with Crippen LogP contribution in [0.15, 0.2) is 71.3 Å². The molecular weight excluding hydrogens is 434 g/mol. The van der Waals surface area contributed by atoms with E-state index < -0.39 is 0 Å². The molecule has 8 nitrogen and oxygen atoms in total. The topological polar surface area (TPSA) is 84.3 Å². The first kappa shape index (κ1) is 23.4. The van der Waals surface area contributed by atoms with Crippen molar-refractivity contribution in [1.82, 2.24) is 15.1 Å². The highest BCUT2D eigenvalue weighted by atomic mass is 16.5. The van der Waals surface area contributed by atoms with E-state index in [4.69, 9.17) is 13.9 Å². The van der Waals surface area contributed by atoms with E-state index in [1.165, 1.54) is 6.26 Å². The van der Waals surface area contributed by atoms with Gasteiger partial charge >= 0.3 is 0 Å². The van der Waals surface area contributed by atoms with Crippen LogP contribution in [0, 0.1) is 0 Å². The van der Waals surface area contributed by atoms with Gasteiger partial charge in [-0.1, -0.05) is 36.4 Å². The van der Waals surface area contributed by atoms with Crippen LogP contribution in [-0.2, 0) is 17.9 Å². The summed E-state index contributed by atoms with van der Waals surface area (Å²) in [5.74, 6) is 1.45. The molecule has 34 heavy (non-hydrogen) atoms. The summed E-state index contributed by atoms with van der Waals surface area (Å²) in [6, 6.07) is 19.0. The third-order valence-corrected chi connectivity index (χ3v) is 5.71. The van der Waals surface area contributed by atoms with E-state index in [0.29, 0.717) is 56.6 Å². The molecule has 0 saturated carbocycles. The maximum Gasteiger partial charge on any atom is 0.289 e. The average molecular weight is 464 g/mol. The lowest BCUT2D eigenvalue weighted by molar-refractivity contribution is -0.122. The lowest BCUT2D eigenvalue weighted by atomic mass is 10.2. The van der Waals surface area contributed by atoms with Crippen molar-refractivity contribution in [3.8, 4) is 11.5 Å². The fourth-order valence-corrected chi connectivity index (χ4v) is 3.80. The summed E-state index contributed by atoms with van der Waals surface area (Å²) in [5.41, 5.74) is 2.00. The summed E-state index contributed by atoms with van der Waals surface area (Å²) in [5, 5.41) is 2.96. The molecule has 178 valence electrons. The van der Waals surface area contributed by atoms with Crippen molar-refractivity contribution in [2.24, 2.45) is 0 Å². The van der Waals surface area contributed by atoms with Gasteiger partial charge in [0.05, 0.1) is 19.9 Å². The number of rotatable bonds is 9. The van der Waals surface area contributed by atoms with Crippen LogP contribution in [0.25, 0.3) is 0 Å². The Morgan fingerprint density at radius 1 is 0.941 bits per heavy atom. The molecule has 1 fully saturated rings. The van der Waals surface area contributed by atoms with Gasteiger partial charge in [0.2, 0.25) is 5.91 Å². The Kier molecular flexibility index (Phi) is 7.83. The van der Waals surface area contributed by atoms with E-state index in [-0.39, 0.29) is 18.4 Å². The van der Waals surface area contributed by atoms with Gasteiger partial charge in [-0.2, -0.15) is 0 Å². The standard InChI is InChI=1S/C26H29N3O5/c1-32-24-16-21(9-10-22(24)34-19-20-6-3-2-4-7-20)17-27-25(30)18-28-11-13-29(14-12-28)26(31)23-8-5-15-33-23/h2-10,15-16H,11-14,17-19H2,1H3,(H,27,30). The monoisotopic (exact) mass is 463 g/mol. The number of ether oxygens (including phenoxy) is 2. The van der Waals surface area contributed by atoms with Gasteiger partial charge in [-0.15, -0.1) is 0 Å². The molecule has 0 spiro atoms. The van der Waals surface area contributed by atoms with Crippen molar-refractivity contribution in [2.45, 2.75) is 13.2 Å². The second-order valence-corrected chi connectivity index (χ2v) is 8.08. The largest absolute Gasteiger partial charge is 0.493 e. The maximum absolute atomic E-state index is 12.5. The van der Waals surface area contributed by atoms with E-state index in [1.54, 1.807) is 24.1 Å².